The van der Waals surface area contributed by atoms with Crippen molar-refractivity contribution < 1.29 is 18.7 Å². The zero-order chi connectivity index (χ0) is 19.0. The zero-order valence-corrected chi connectivity index (χ0v) is 15.1. The maximum absolute atomic E-state index is 13.9. The minimum Gasteiger partial charge on any atom is -0.494 e. The molecule has 2 fully saturated rings. The second kappa shape index (κ2) is 7.02. The summed E-state index contributed by atoms with van der Waals surface area (Å²) in [5, 5.41) is 2.88. The van der Waals surface area contributed by atoms with Crippen LogP contribution in [0.4, 0.5) is 15.8 Å². The normalized spacial score (nSPS) is 21.3. The van der Waals surface area contributed by atoms with E-state index in [9.17, 15) is 14.0 Å². The molecular formula is C21H21FN2O3. The van der Waals surface area contributed by atoms with E-state index in [-0.39, 0.29) is 29.5 Å². The maximum atomic E-state index is 13.9. The van der Waals surface area contributed by atoms with Crippen LogP contribution >= 0.6 is 0 Å². The Morgan fingerprint density at radius 3 is 2.78 bits per heavy atom. The first-order valence-electron chi connectivity index (χ1n) is 9.12. The van der Waals surface area contributed by atoms with Crippen molar-refractivity contribution in [2.45, 2.75) is 25.2 Å². The van der Waals surface area contributed by atoms with Crippen LogP contribution in [0, 0.1) is 11.7 Å². The highest BCUT2D eigenvalue weighted by atomic mass is 19.1. The van der Waals surface area contributed by atoms with E-state index in [2.05, 4.69) is 5.32 Å². The lowest BCUT2D eigenvalue weighted by Gasteiger charge is -2.19. The predicted molar refractivity (Wildman–Crippen MR) is 100 cm³/mol. The molecule has 2 atom stereocenters. The molecular weight excluding hydrogens is 347 g/mol. The predicted octanol–water partition coefficient (Wildman–Crippen LogP) is 3.70. The molecule has 4 rings (SSSR count). The number of rotatable bonds is 5. The van der Waals surface area contributed by atoms with Crippen molar-refractivity contribution in [2.24, 2.45) is 5.92 Å². The number of amides is 2. The molecule has 2 amide bonds. The fraction of sp³-hybridized carbons (Fsp3) is 0.333. The number of hydrogen-bond donors (Lipinski definition) is 1. The number of anilines is 2. The summed E-state index contributed by atoms with van der Waals surface area (Å²) in [5.41, 5.74) is 1.92. The van der Waals surface area contributed by atoms with Gasteiger partial charge in [0.2, 0.25) is 11.8 Å². The van der Waals surface area contributed by atoms with E-state index in [1.54, 1.807) is 48.4 Å². The highest BCUT2D eigenvalue weighted by Crippen LogP contribution is 2.48. The van der Waals surface area contributed by atoms with Gasteiger partial charge in [0, 0.05) is 30.6 Å². The van der Waals surface area contributed by atoms with Gasteiger partial charge in [0.05, 0.1) is 12.8 Å². The summed E-state index contributed by atoms with van der Waals surface area (Å²) in [6.45, 7) is 0.674. The number of hydrogen-bond acceptors (Lipinski definition) is 3. The fourth-order valence-corrected chi connectivity index (χ4v) is 3.72. The zero-order valence-electron chi connectivity index (χ0n) is 15.1. The average molecular weight is 368 g/mol. The molecule has 0 radical (unpaired) electrons. The number of ether oxygens (including phenoxy) is 1. The largest absolute Gasteiger partial charge is 0.494 e. The fourth-order valence-electron chi connectivity index (χ4n) is 3.72. The molecule has 1 heterocycles. The summed E-state index contributed by atoms with van der Waals surface area (Å²) in [6, 6.07) is 11.9. The van der Waals surface area contributed by atoms with Crippen LogP contribution in [0.3, 0.4) is 0 Å². The molecule has 1 aliphatic carbocycles. The molecule has 0 spiro atoms. The third-order valence-electron chi connectivity index (χ3n) is 5.24. The van der Waals surface area contributed by atoms with E-state index < -0.39 is 0 Å². The van der Waals surface area contributed by atoms with Crippen molar-refractivity contribution in [3.05, 3.63) is 53.8 Å². The van der Waals surface area contributed by atoms with E-state index in [1.807, 2.05) is 0 Å². The molecule has 1 aliphatic heterocycles. The first kappa shape index (κ1) is 17.5. The number of benzene rings is 2. The van der Waals surface area contributed by atoms with Crippen molar-refractivity contribution in [3.63, 3.8) is 0 Å². The van der Waals surface area contributed by atoms with Gasteiger partial charge in [-0.15, -0.1) is 0 Å². The highest BCUT2D eigenvalue weighted by molar-refractivity contribution is 5.98. The molecule has 27 heavy (non-hydrogen) atoms. The standard InChI is InChI=1S/C21H21FN2O3/c1-27-19-11-13(8-9-18(19)24-10-4-7-20(24)25)23-21(26)16-12-15(16)14-5-2-3-6-17(14)22/h2-3,5-6,8-9,11,15-16H,4,7,10,12H2,1H3,(H,23,26). The van der Waals surface area contributed by atoms with Gasteiger partial charge in [0.15, 0.2) is 0 Å². The van der Waals surface area contributed by atoms with Gasteiger partial charge in [-0.3, -0.25) is 9.59 Å². The molecule has 2 aliphatic rings. The van der Waals surface area contributed by atoms with Gasteiger partial charge >= 0.3 is 0 Å². The van der Waals surface area contributed by atoms with E-state index >= 15 is 0 Å². The lowest BCUT2D eigenvalue weighted by atomic mass is 10.1. The summed E-state index contributed by atoms with van der Waals surface area (Å²) in [6.07, 6.45) is 2.02. The molecule has 0 aromatic heterocycles. The first-order valence-corrected chi connectivity index (χ1v) is 9.12. The number of carbonyl (C=O) groups excluding carboxylic acids is 2. The van der Waals surface area contributed by atoms with Crippen molar-refractivity contribution in [3.8, 4) is 5.75 Å². The molecule has 2 aromatic carbocycles. The Bertz CT molecular complexity index is 899. The van der Waals surface area contributed by atoms with Crippen molar-refractivity contribution >= 4 is 23.2 Å². The third kappa shape index (κ3) is 3.39. The smallest absolute Gasteiger partial charge is 0.228 e. The van der Waals surface area contributed by atoms with Crippen LogP contribution < -0.4 is 15.0 Å². The molecule has 1 N–H and O–H groups in total. The molecule has 0 bridgehead atoms. The quantitative estimate of drug-likeness (QED) is 0.875. The van der Waals surface area contributed by atoms with Crippen LogP contribution in [0.25, 0.3) is 0 Å². The summed E-state index contributed by atoms with van der Waals surface area (Å²) in [4.78, 5) is 26.2. The Kier molecular flexibility index (Phi) is 4.56. The third-order valence-corrected chi connectivity index (χ3v) is 5.24. The Balaban J connectivity index is 1.46. The SMILES string of the molecule is COc1cc(NC(=O)C2CC2c2ccccc2F)ccc1N1CCCC1=O. The lowest BCUT2D eigenvalue weighted by molar-refractivity contribution is -0.118. The number of carbonyl (C=O) groups is 2. The van der Waals surface area contributed by atoms with Crippen LogP contribution in [0.1, 0.15) is 30.7 Å². The van der Waals surface area contributed by atoms with Gasteiger partial charge in [-0.05, 0) is 42.5 Å². The van der Waals surface area contributed by atoms with Crippen molar-refractivity contribution in [2.75, 3.05) is 23.9 Å². The summed E-state index contributed by atoms with van der Waals surface area (Å²) < 4.78 is 19.3. The number of nitrogens with one attached hydrogen (secondary N) is 1. The van der Waals surface area contributed by atoms with E-state index in [4.69, 9.17) is 4.74 Å². The Hall–Kier alpha value is -2.89. The maximum Gasteiger partial charge on any atom is 0.228 e. The first-order chi connectivity index (χ1) is 13.1. The highest BCUT2D eigenvalue weighted by Gasteiger charge is 2.45. The molecule has 5 nitrogen and oxygen atoms in total. The monoisotopic (exact) mass is 368 g/mol. The van der Waals surface area contributed by atoms with Crippen LogP contribution in [-0.4, -0.2) is 25.5 Å². The minimum atomic E-state index is -0.265. The van der Waals surface area contributed by atoms with Crippen LogP contribution in [0.2, 0.25) is 0 Å². The van der Waals surface area contributed by atoms with Crippen LogP contribution in [0.15, 0.2) is 42.5 Å². The average Bonchev–Trinajstić information content (AvgIpc) is 3.36. The van der Waals surface area contributed by atoms with Gasteiger partial charge < -0.3 is 15.0 Å². The Morgan fingerprint density at radius 2 is 2.07 bits per heavy atom. The molecule has 1 saturated carbocycles. The Labute approximate surface area is 157 Å². The minimum absolute atomic E-state index is 0.0745. The second-order valence-corrected chi connectivity index (χ2v) is 7.00. The number of nitrogens with zero attached hydrogens (tertiary/aromatic N) is 1. The number of methoxy groups -OCH3 is 1. The lowest BCUT2D eigenvalue weighted by Crippen LogP contribution is -2.24. The summed E-state index contributed by atoms with van der Waals surface area (Å²) in [5.74, 6) is -0.0722. The number of halogens is 1. The summed E-state index contributed by atoms with van der Waals surface area (Å²) in [7, 11) is 1.54. The molecule has 2 aromatic rings. The molecule has 2 unspecified atom stereocenters. The van der Waals surface area contributed by atoms with Crippen molar-refractivity contribution in [1.29, 1.82) is 0 Å². The van der Waals surface area contributed by atoms with Gasteiger partial charge in [-0.2, -0.15) is 0 Å². The van der Waals surface area contributed by atoms with Gasteiger partial charge in [-0.25, -0.2) is 4.39 Å². The van der Waals surface area contributed by atoms with E-state index in [0.717, 1.165) is 6.42 Å². The second-order valence-electron chi connectivity index (χ2n) is 7.00. The van der Waals surface area contributed by atoms with Gasteiger partial charge in [-0.1, -0.05) is 18.2 Å². The van der Waals surface area contributed by atoms with Crippen molar-refractivity contribution in [1.82, 2.24) is 0 Å². The molecule has 6 heteroatoms. The van der Waals surface area contributed by atoms with Crippen LogP contribution in [-0.2, 0) is 9.59 Å². The summed E-state index contributed by atoms with van der Waals surface area (Å²) >= 11 is 0. The topological polar surface area (TPSA) is 58.6 Å². The van der Waals surface area contributed by atoms with E-state index in [0.29, 0.717) is 42.1 Å². The van der Waals surface area contributed by atoms with Gasteiger partial charge in [0.1, 0.15) is 11.6 Å². The van der Waals surface area contributed by atoms with Crippen LogP contribution in [0.5, 0.6) is 5.75 Å². The molecule has 1 saturated heterocycles. The van der Waals surface area contributed by atoms with Gasteiger partial charge in [0.25, 0.3) is 0 Å². The Morgan fingerprint density at radius 1 is 1.26 bits per heavy atom. The molecule has 140 valence electrons. The van der Waals surface area contributed by atoms with E-state index in [1.165, 1.54) is 6.07 Å².